The average Bonchev–Trinajstić information content (AvgIpc) is 2.71. The standard InChI is InChI=1S/C20H36N4O8S/c1-10(2)9-14(19(30)24-16(11(3)25)20(31)32)23-18(29)13(7-8-33-4)22-17(28)12(21)5-6-15(26)27/h10-14,16,25H,5-9,21H2,1-4H3,(H,22,28)(H,23,29)(H,24,30)(H,26,27)(H,31,32). The van der Waals surface area contributed by atoms with Crippen LogP contribution in [0.2, 0.25) is 0 Å². The van der Waals surface area contributed by atoms with Crippen LogP contribution in [0.25, 0.3) is 0 Å². The predicted octanol–water partition coefficient (Wildman–Crippen LogP) is -1.10. The highest BCUT2D eigenvalue weighted by Gasteiger charge is 2.32. The number of amides is 3. The van der Waals surface area contributed by atoms with E-state index >= 15 is 0 Å². The molecule has 0 aliphatic rings. The zero-order chi connectivity index (χ0) is 25.7. The molecule has 0 aromatic rings. The van der Waals surface area contributed by atoms with E-state index in [2.05, 4.69) is 16.0 Å². The molecular formula is C20H36N4O8S. The van der Waals surface area contributed by atoms with Crippen LogP contribution >= 0.6 is 11.8 Å². The van der Waals surface area contributed by atoms with Crippen molar-refractivity contribution in [2.24, 2.45) is 11.7 Å². The molecule has 0 saturated carbocycles. The van der Waals surface area contributed by atoms with E-state index in [1.807, 2.05) is 20.1 Å². The number of aliphatic hydroxyl groups is 1. The van der Waals surface area contributed by atoms with Crippen LogP contribution in [0, 0.1) is 5.92 Å². The summed E-state index contributed by atoms with van der Waals surface area (Å²) in [6, 6.07) is -4.81. The van der Waals surface area contributed by atoms with Crippen LogP contribution in [-0.2, 0) is 24.0 Å². The molecule has 0 aromatic carbocycles. The van der Waals surface area contributed by atoms with Gasteiger partial charge in [0, 0.05) is 6.42 Å². The summed E-state index contributed by atoms with van der Waals surface area (Å²) in [5.74, 6) is -4.19. The van der Waals surface area contributed by atoms with Crippen LogP contribution in [0.5, 0.6) is 0 Å². The zero-order valence-corrected chi connectivity index (χ0v) is 20.2. The van der Waals surface area contributed by atoms with Gasteiger partial charge in [-0.1, -0.05) is 13.8 Å². The fourth-order valence-corrected chi connectivity index (χ4v) is 3.28. The van der Waals surface area contributed by atoms with Crippen molar-refractivity contribution in [3.63, 3.8) is 0 Å². The van der Waals surface area contributed by atoms with Crippen LogP contribution in [0.15, 0.2) is 0 Å². The molecule has 0 heterocycles. The van der Waals surface area contributed by atoms with E-state index in [-0.39, 0.29) is 31.6 Å². The van der Waals surface area contributed by atoms with E-state index in [9.17, 15) is 34.2 Å². The Hall–Kier alpha value is -2.38. The van der Waals surface area contributed by atoms with Gasteiger partial charge in [0.25, 0.3) is 0 Å². The third-order valence-electron chi connectivity index (χ3n) is 4.64. The number of thioether (sulfide) groups is 1. The Bertz CT molecular complexity index is 689. The first-order valence-corrected chi connectivity index (χ1v) is 12.0. The molecule has 0 saturated heterocycles. The van der Waals surface area contributed by atoms with Crippen molar-refractivity contribution in [1.82, 2.24) is 16.0 Å². The van der Waals surface area contributed by atoms with Gasteiger partial charge in [-0.25, -0.2) is 4.79 Å². The Balaban J connectivity index is 5.42. The number of carboxylic acids is 2. The number of carbonyl (C=O) groups is 5. The number of nitrogens with two attached hydrogens (primary N) is 1. The van der Waals surface area contributed by atoms with E-state index in [0.29, 0.717) is 5.75 Å². The Morgan fingerprint density at radius 3 is 1.88 bits per heavy atom. The maximum absolute atomic E-state index is 12.9. The number of carbonyl (C=O) groups excluding carboxylic acids is 3. The number of nitrogens with one attached hydrogen (secondary N) is 3. The number of carboxylic acid groups (broad SMARTS) is 2. The lowest BCUT2D eigenvalue weighted by molar-refractivity contribution is -0.145. The Morgan fingerprint density at radius 1 is 0.879 bits per heavy atom. The maximum Gasteiger partial charge on any atom is 0.328 e. The second kappa shape index (κ2) is 15.5. The van der Waals surface area contributed by atoms with Crippen molar-refractivity contribution in [3.8, 4) is 0 Å². The maximum atomic E-state index is 12.9. The summed E-state index contributed by atoms with van der Waals surface area (Å²) in [5, 5.41) is 34.8. The number of aliphatic carboxylic acids is 2. The van der Waals surface area contributed by atoms with Gasteiger partial charge in [-0.2, -0.15) is 11.8 Å². The smallest absolute Gasteiger partial charge is 0.328 e. The summed E-state index contributed by atoms with van der Waals surface area (Å²) in [7, 11) is 0. The van der Waals surface area contributed by atoms with Crippen molar-refractivity contribution in [3.05, 3.63) is 0 Å². The Kier molecular flexibility index (Phi) is 14.3. The van der Waals surface area contributed by atoms with Crippen molar-refractivity contribution < 1.29 is 39.3 Å². The topological polar surface area (TPSA) is 208 Å². The summed E-state index contributed by atoms with van der Waals surface area (Å²) >= 11 is 1.44. The fraction of sp³-hybridized carbons (Fsp3) is 0.750. The normalized spacial score (nSPS) is 15.6. The second-order valence-electron chi connectivity index (χ2n) is 8.14. The highest BCUT2D eigenvalue weighted by Crippen LogP contribution is 2.09. The van der Waals surface area contributed by atoms with E-state index < -0.39 is 59.9 Å². The molecule has 0 aliphatic heterocycles. The zero-order valence-electron chi connectivity index (χ0n) is 19.4. The molecule has 5 atom stereocenters. The highest BCUT2D eigenvalue weighted by atomic mass is 32.2. The lowest BCUT2D eigenvalue weighted by atomic mass is 10.0. The number of aliphatic hydroxyl groups excluding tert-OH is 1. The van der Waals surface area contributed by atoms with Gasteiger partial charge in [-0.3, -0.25) is 19.2 Å². The van der Waals surface area contributed by atoms with Gasteiger partial charge >= 0.3 is 11.9 Å². The molecule has 190 valence electrons. The summed E-state index contributed by atoms with van der Waals surface area (Å²) < 4.78 is 0. The van der Waals surface area contributed by atoms with Crippen LogP contribution in [0.4, 0.5) is 0 Å². The molecule has 0 aromatic heterocycles. The summed E-state index contributed by atoms with van der Waals surface area (Å²) in [4.78, 5) is 59.9. The summed E-state index contributed by atoms with van der Waals surface area (Å²) in [6.45, 7) is 4.84. The first kappa shape index (κ1) is 30.6. The molecule has 0 spiro atoms. The summed E-state index contributed by atoms with van der Waals surface area (Å²) in [5.41, 5.74) is 5.71. The molecule has 33 heavy (non-hydrogen) atoms. The second-order valence-corrected chi connectivity index (χ2v) is 9.12. The quantitative estimate of drug-likeness (QED) is 0.138. The number of rotatable bonds is 16. The molecule has 3 amide bonds. The van der Waals surface area contributed by atoms with Crippen LogP contribution < -0.4 is 21.7 Å². The first-order chi connectivity index (χ1) is 15.3. The van der Waals surface area contributed by atoms with Gasteiger partial charge in [0.15, 0.2) is 6.04 Å². The van der Waals surface area contributed by atoms with E-state index in [0.717, 1.165) is 0 Å². The molecule has 8 N–H and O–H groups in total. The first-order valence-electron chi connectivity index (χ1n) is 10.6. The largest absolute Gasteiger partial charge is 0.481 e. The van der Waals surface area contributed by atoms with E-state index in [1.54, 1.807) is 0 Å². The molecule has 12 nitrogen and oxygen atoms in total. The monoisotopic (exact) mass is 492 g/mol. The molecule has 13 heteroatoms. The van der Waals surface area contributed by atoms with Crippen molar-refractivity contribution in [2.75, 3.05) is 12.0 Å². The minimum absolute atomic E-state index is 0.0421. The van der Waals surface area contributed by atoms with Crippen LogP contribution in [0.3, 0.4) is 0 Å². The fourth-order valence-electron chi connectivity index (χ4n) is 2.81. The van der Waals surface area contributed by atoms with Gasteiger partial charge < -0.3 is 37.0 Å². The molecule has 0 radical (unpaired) electrons. The van der Waals surface area contributed by atoms with Crippen LogP contribution in [-0.4, -0.2) is 87.3 Å². The third kappa shape index (κ3) is 12.4. The third-order valence-corrected chi connectivity index (χ3v) is 5.28. The lowest BCUT2D eigenvalue weighted by Gasteiger charge is -2.26. The molecule has 5 unspecified atom stereocenters. The Morgan fingerprint density at radius 2 is 1.42 bits per heavy atom. The number of hydrogen-bond acceptors (Lipinski definition) is 8. The molecule has 0 fully saturated rings. The highest BCUT2D eigenvalue weighted by molar-refractivity contribution is 7.98. The van der Waals surface area contributed by atoms with Crippen molar-refractivity contribution in [2.45, 2.75) is 76.7 Å². The minimum Gasteiger partial charge on any atom is -0.481 e. The predicted molar refractivity (Wildman–Crippen MR) is 122 cm³/mol. The van der Waals surface area contributed by atoms with E-state index in [4.69, 9.17) is 10.8 Å². The minimum atomic E-state index is -1.55. The molecule has 0 aliphatic carbocycles. The number of hydrogen-bond donors (Lipinski definition) is 7. The van der Waals surface area contributed by atoms with Crippen molar-refractivity contribution >= 4 is 41.4 Å². The lowest BCUT2D eigenvalue weighted by Crippen LogP contribution is -2.58. The van der Waals surface area contributed by atoms with Crippen LogP contribution in [0.1, 0.15) is 46.5 Å². The average molecular weight is 493 g/mol. The molecule has 0 bridgehead atoms. The van der Waals surface area contributed by atoms with Gasteiger partial charge in [0.05, 0.1) is 12.1 Å². The van der Waals surface area contributed by atoms with E-state index in [1.165, 1.54) is 18.7 Å². The van der Waals surface area contributed by atoms with Gasteiger partial charge in [-0.15, -0.1) is 0 Å². The molecular weight excluding hydrogens is 456 g/mol. The van der Waals surface area contributed by atoms with Gasteiger partial charge in [0.2, 0.25) is 17.7 Å². The SMILES string of the molecule is CSCCC(NC(=O)C(N)CCC(=O)O)C(=O)NC(CC(C)C)C(=O)NC(C(=O)O)C(C)O. The molecule has 0 rings (SSSR count). The van der Waals surface area contributed by atoms with Gasteiger partial charge in [0.1, 0.15) is 12.1 Å². The summed E-state index contributed by atoms with van der Waals surface area (Å²) in [6.07, 6.45) is 0.458. The Labute approximate surface area is 197 Å². The van der Waals surface area contributed by atoms with Crippen molar-refractivity contribution in [1.29, 1.82) is 0 Å². The van der Waals surface area contributed by atoms with Gasteiger partial charge in [-0.05, 0) is 44.1 Å².